The Bertz CT molecular complexity index is 1120. The minimum absolute atomic E-state index is 0.230. The Morgan fingerprint density at radius 3 is 2.34 bits per heavy atom. The third-order valence-electron chi connectivity index (χ3n) is 7.20. The number of benzene rings is 2. The molecule has 3 aromatic rings. The highest BCUT2D eigenvalue weighted by Crippen LogP contribution is 2.38. The minimum Gasteiger partial charge on any atom is -0.497 e. The van der Waals surface area contributed by atoms with Gasteiger partial charge in [-0.3, -0.25) is 9.78 Å². The zero-order chi connectivity index (χ0) is 24.1. The molecule has 7 heteroatoms. The number of ether oxygens (including phenoxy) is 3. The molecule has 0 radical (unpaired) electrons. The van der Waals surface area contributed by atoms with Crippen molar-refractivity contribution in [3.05, 3.63) is 78.2 Å². The summed E-state index contributed by atoms with van der Waals surface area (Å²) in [4.78, 5) is 25.0. The number of carbonyl (C=O) groups is 1. The predicted molar refractivity (Wildman–Crippen MR) is 132 cm³/mol. The summed E-state index contributed by atoms with van der Waals surface area (Å²) in [5.74, 6) is 2.39. The monoisotopic (exact) mass is 473 g/mol. The van der Waals surface area contributed by atoms with Gasteiger partial charge >= 0.3 is 0 Å². The quantitative estimate of drug-likeness (QED) is 0.515. The zero-order valence-corrected chi connectivity index (χ0v) is 20.1. The third-order valence-corrected chi connectivity index (χ3v) is 7.20. The highest BCUT2D eigenvalue weighted by atomic mass is 16.5. The number of amides is 1. The second-order valence-electron chi connectivity index (χ2n) is 9.19. The fourth-order valence-corrected chi connectivity index (χ4v) is 5.16. The van der Waals surface area contributed by atoms with Crippen LogP contribution in [0.25, 0.3) is 0 Å². The first-order chi connectivity index (χ1) is 17.2. The topological polar surface area (TPSA) is 73.8 Å². The molecular weight excluding hydrogens is 442 g/mol. The van der Waals surface area contributed by atoms with E-state index in [9.17, 15) is 4.79 Å². The lowest BCUT2D eigenvalue weighted by atomic mass is 9.72. The minimum atomic E-state index is -0.488. The lowest BCUT2D eigenvalue weighted by Crippen LogP contribution is -2.51. The van der Waals surface area contributed by atoms with Gasteiger partial charge in [0.05, 0.1) is 24.4 Å². The molecule has 5 rings (SSSR count). The van der Waals surface area contributed by atoms with Crippen molar-refractivity contribution in [2.45, 2.75) is 37.0 Å². The van der Waals surface area contributed by atoms with Gasteiger partial charge in [-0.2, -0.15) is 0 Å². The molecular formula is C28H31N3O4. The van der Waals surface area contributed by atoms with E-state index < -0.39 is 5.41 Å². The maximum atomic E-state index is 13.8. The van der Waals surface area contributed by atoms with Crippen LogP contribution in [0.4, 0.5) is 0 Å². The van der Waals surface area contributed by atoms with E-state index in [1.54, 1.807) is 13.3 Å². The Balaban J connectivity index is 1.25. The first kappa shape index (κ1) is 23.3. The lowest BCUT2D eigenvalue weighted by Gasteiger charge is -2.42. The molecule has 0 bridgehead atoms. The van der Waals surface area contributed by atoms with Gasteiger partial charge < -0.3 is 19.1 Å². The van der Waals surface area contributed by atoms with Crippen LogP contribution in [0.2, 0.25) is 0 Å². The smallest absolute Gasteiger partial charge is 0.238 e. The summed E-state index contributed by atoms with van der Waals surface area (Å²) in [5, 5.41) is 0. The van der Waals surface area contributed by atoms with Crippen molar-refractivity contribution in [1.82, 2.24) is 14.9 Å². The van der Waals surface area contributed by atoms with Crippen molar-refractivity contribution in [3.63, 3.8) is 0 Å². The number of hydrogen-bond donors (Lipinski definition) is 0. The van der Waals surface area contributed by atoms with Crippen LogP contribution in [-0.2, 0) is 14.9 Å². The molecule has 3 heterocycles. The number of rotatable bonds is 6. The first-order valence-electron chi connectivity index (χ1n) is 12.2. The van der Waals surface area contributed by atoms with Crippen molar-refractivity contribution in [2.75, 3.05) is 33.4 Å². The third kappa shape index (κ3) is 5.00. The Kier molecular flexibility index (Phi) is 6.95. The number of methoxy groups -OCH3 is 1. The average Bonchev–Trinajstić information content (AvgIpc) is 2.94. The molecule has 182 valence electrons. The molecule has 0 N–H and O–H groups in total. The van der Waals surface area contributed by atoms with Crippen LogP contribution in [0.1, 0.15) is 42.9 Å². The fraction of sp³-hybridized carbons (Fsp3) is 0.393. The van der Waals surface area contributed by atoms with Crippen molar-refractivity contribution >= 4 is 5.91 Å². The average molecular weight is 474 g/mol. The summed E-state index contributed by atoms with van der Waals surface area (Å²) in [5.41, 5.74) is 1.52. The summed E-state index contributed by atoms with van der Waals surface area (Å²) < 4.78 is 16.7. The Morgan fingerprint density at radius 2 is 1.66 bits per heavy atom. The molecule has 2 aliphatic rings. The highest BCUT2D eigenvalue weighted by Gasteiger charge is 2.44. The summed E-state index contributed by atoms with van der Waals surface area (Å²) in [6.07, 6.45) is 6.60. The Morgan fingerprint density at radius 1 is 0.971 bits per heavy atom. The van der Waals surface area contributed by atoms with E-state index in [0.717, 1.165) is 42.7 Å². The highest BCUT2D eigenvalue weighted by molar-refractivity contribution is 5.88. The standard InChI is InChI=1S/C28H31N3O4/c1-33-23-7-9-24(10-8-23)35-26-20-29-19-25(30-26)21-11-15-31(16-12-21)27(32)28(13-17-34-18-14-28)22-5-3-2-4-6-22/h2-10,19-21H,11-18H2,1H3. The normalized spacial score (nSPS) is 18.1. The second kappa shape index (κ2) is 10.4. The van der Waals surface area contributed by atoms with Gasteiger partial charge in [0.25, 0.3) is 0 Å². The predicted octanol–water partition coefficient (Wildman–Crippen LogP) is 4.73. The van der Waals surface area contributed by atoms with E-state index in [1.807, 2.05) is 53.6 Å². The van der Waals surface area contributed by atoms with Crippen LogP contribution in [0.15, 0.2) is 67.0 Å². The Labute approximate surface area is 206 Å². The van der Waals surface area contributed by atoms with Crippen LogP contribution >= 0.6 is 0 Å². The molecule has 0 saturated carbocycles. The SMILES string of the molecule is COc1ccc(Oc2cncc(C3CCN(C(=O)C4(c5ccccc5)CCOCC4)CC3)n2)cc1. The van der Waals surface area contributed by atoms with Gasteiger partial charge in [-0.25, -0.2) is 4.98 Å². The molecule has 0 unspecified atom stereocenters. The van der Waals surface area contributed by atoms with E-state index in [0.29, 0.717) is 37.9 Å². The molecule has 2 aliphatic heterocycles. The summed E-state index contributed by atoms with van der Waals surface area (Å²) in [6, 6.07) is 17.6. The summed E-state index contributed by atoms with van der Waals surface area (Å²) >= 11 is 0. The van der Waals surface area contributed by atoms with E-state index in [1.165, 1.54) is 0 Å². The van der Waals surface area contributed by atoms with E-state index >= 15 is 0 Å². The number of hydrogen-bond acceptors (Lipinski definition) is 6. The van der Waals surface area contributed by atoms with Crippen LogP contribution in [0.5, 0.6) is 17.4 Å². The van der Waals surface area contributed by atoms with Crippen LogP contribution in [-0.4, -0.2) is 54.2 Å². The van der Waals surface area contributed by atoms with Crippen molar-refractivity contribution < 1.29 is 19.0 Å². The van der Waals surface area contributed by atoms with Gasteiger partial charge in [0.2, 0.25) is 11.8 Å². The summed E-state index contributed by atoms with van der Waals surface area (Å²) in [6.45, 7) is 2.66. The zero-order valence-electron chi connectivity index (χ0n) is 20.1. The fourth-order valence-electron chi connectivity index (χ4n) is 5.16. The van der Waals surface area contributed by atoms with Gasteiger partial charge in [0, 0.05) is 38.4 Å². The van der Waals surface area contributed by atoms with Gasteiger partial charge in [0.1, 0.15) is 11.5 Å². The van der Waals surface area contributed by atoms with E-state index in [-0.39, 0.29) is 11.8 Å². The van der Waals surface area contributed by atoms with Crippen molar-refractivity contribution in [2.24, 2.45) is 0 Å². The molecule has 35 heavy (non-hydrogen) atoms. The first-order valence-corrected chi connectivity index (χ1v) is 12.2. The van der Waals surface area contributed by atoms with Gasteiger partial charge in [-0.05, 0) is 55.5 Å². The number of nitrogens with zero attached hydrogens (tertiary/aromatic N) is 3. The van der Waals surface area contributed by atoms with Crippen LogP contribution in [0, 0.1) is 0 Å². The maximum Gasteiger partial charge on any atom is 0.238 e. The molecule has 1 aromatic heterocycles. The number of carbonyl (C=O) groups excluding carboxylic acids is 1. The van der Waals surface area contributed by atoms with E-state index in [2.05, 4.69) is 17.1 Å². The van der Waals surface area contributed by atoms with Gasteiger partial charge in [0.15, 0.2) is 0 Å². The maximum absolute atomic E-state index is 13.8. The molecule has 0 spiro atoms. The summed E-state index contributed by atoms with van der Waals surface area (Å²) in [7, 11) is 1.63. The van der Waals surface area contributed by atoms with Crippen LogP contribution in [0.3, 0.4) is 0 Å². The number of aromatic nitrogens is 2. The van der Waals surface area contributed by atoms with Crippen molar-refractivity contribution in [1.29, 1.82) is 0 Å². The largest absolute Gasteiger partial charge is 0.497 e. The lowest BCUT2D eigenvalue weighted by molar-refractivity contribution is -0.142. The number of likely N-dealkylation sites (tertiary alicyclic amines) is 1. The number of piperidine rings is 1. The van der Waals surface area contributed by atoms with Gasteiger partial charge in [-0.1, -0.05) is 30.3 Å². The Hall–Kier alpha value is -3.45. The second-order valence-corrected chi connectivity index (χ2v) is 9.19. The van der Waals surface area contributed by atoms with Crippen molar-refractivity contribution in [3.8, 4) is 17.4 Å². The molecule has 2 aromatic carbocycles. The molecule has 0 aliphatic carbocycles. The van der Waals surface area contributed by atoms with Gasteiger partial charge in [-0.15, -0.1) is 0 Å². The van der Waals surface area contributed by atoms with E-state index in [4.69, 9.17) is 19.2 Å². The molecule has 0 atom stereocenters. The van der Waals surface area contributed by atoms with Crippen LogP contribution < -0.4 is 9.47 Å². The molecule has 1 amide bonds. The molecule has 7 nitrogen and oxygen atoms in total. The molecule has 2 fully saturated rings. The molecule has 2 saturated heterocycles.